The van der Waals surface area contributed by atoms with Crippen LogP contribution in [0.2, 0.25) is 0 Å². The zero-order valence-electron chi connectivity index (χ0n) is 16.1. The average Bonchev–Trinajstić information content (AvgIpc) is 3.01. The summed E-state index contributed by atoms with van der Waals surface area (Å²) in [6.45, 7) is 3.85. The lowest BCUT2D eigenvalue weighted by atomic mass is 10.1. The van der Waals surface area contributed by atoms with E-state index in [4.69, 9.17) is 10.00 Å². The van der Waals surface area contributed by atoms with Crippen LogP contribution in [0.3, 0.4) is 0 Å². The molecule has 146 valence electrons. The number of halogens is 1. The van der Waals surface area contributed by atoms with E-state index in [0.29, 0.717) is 17.7 Å². The van der Waals surface area contributed by atoms with Gasteiger partial charge in [-0.05, 0) is 61.9 Å². The summed E-state index contributed by atoms with van der Waals surface area (Å²) in [7, 11) is 0. The first kappa shape index (κ1) is 20.0. The SMILES string of the molecule is Cc1cc(C(=O)COC(=O)c2ccc(C#N)cc2)c(C)n1Cc1ccc(F)cc1. The monoisotopic (exact) mass is 390 g/mol. The highest BCUT2D eigenvalue weighted by Gasteiger charge is 2.18. The highest BCUT2D eigenvalue weighted by Crippen LogP contribution is 2.18. The maximum Gasteiger partial charge on any atom is 0.338 e. The van der Waals surface area contributed by atoms with Crippen LogP contribution in [0.25, 0.3) is 0 Å². The Balaban J connectivity index is 1.68. The number of benzene rings is 2. The van der Waals surface area contributed by atoms with E-state index in [2.05, 4.69) is 0 Å². The number of ketones is 1. The van der Waals surface area contributed by atoms with E-state index in [1.165, 1.54) is 36.4 Å². The van der Waals surface area contributed by atoms with Crippen molar-refractivity contribution < 1.29 is 18.7 Å². The third kappa shape index (κ3) is 4.58. The summed E-state index contributed by atoms with van der Waals surface area (Å²) in [6.07, 6.45) is 0. The van der Waals surface area contributed by atoms with Crippen molar-refractivity contribution in [2.24, 2.45) is 0 Å². The van der Waals surface area contributed by atoms with E-state index in [9.17, 15) is 14.0 Å². The number of hydrogen-bond donors (Lipinski definition) is 0. The standard InChI is InChI=1S/C23H19FN2O3/c1-15-11-21(16(2)26(15)13-18-5-9-20(24)10-6-18)22(27)14-29-23(28)19-7-3-17(12-25)4-8-19/h3-11H,13-14H2,1-2H3. The number of carbonyl (C=O) groups is 2. The average molecular weight is 390 g/mol. The molecule has 0 saturated carbocycles. The molecule has 29 heavy (non-hydrogen) atoms. The van der Waals surface area contributed by atoms with Crippen LogP contribution in [0.5, 0.6) is 0 Å². The third-order valence-corrected chi connectivity index (χ3v) is 4.71. The minimum atomic E-state index is -0.622. The van der Waals surface area contributed by atoms with Crippen LogP contribution < -0.4 is 0 Å². The van der Waals surface area contributed by atoms with Gasteiger partial charge in [-0.25, -0.2) is 9.18 Å². The fourth-order valence-corrected chi connectivity index (χ4v) is 3.07. The number of nitriles is 1. The molecule has 0 bridgehead atoms. The molecular formula is C23H19FN2O3. The van der Waals surface area contributed by atoms with Crippen LogP contribution in [-0.4, -0.2) is 22.9 Å². The fraction of sp³-hybridized carbons (Fsp3) is 0.174. The van der Waals surface area contributed by atoms with Gasteiger partial charge in [0.25, 0.3) is 0 Å². The van der Waals surface area contributed by atoms with Gasteiger partial charge in [-0.2, -0.15) is 5.26 Å². The summed E-state index contributed by atoms with van der Waals surface area (Å²) >= 11 is 0. The maximum atomic E-state index is 13.1. The second-order valence-electron chi connectivity index (χ2n) is 6.69. The molecule has 2 aromatic carbocycles. The molecule has 0 radical (unpaired) electrons. The molecule has 5 nitrogen and oxygen atoms in total. The van der Waals surface area contributed by atoms with E-state index < -0.39 is 5.97 Å². The molecule has 1 aromatic heterocycles. The Bertz CT molecular complexity index is 1090. The summed E-state index contributed by atoms with van der Waals surface area (Å²) in [5.41, 5.74) is 3.75. The lowest BCUT2D eigenvalue weighted by Crippen LogP contribution is -2.15. The molecule has 3 aromatic rings. The first-order valence-corrected chi connectivity index (χ1v) is 9.00. The molecule has 0 aliphatic carbocycles. The minimum absolute atomic E-state index is 0.276. The number of aromatic nitrogens is 1. The van der Waals surface area contributed by atoms with Crippen LogP contribution in [0, 0.1) is 31.0 Å². The fourth-order valence-electron chi connectivity index (χ4n) is 3.07. The number of Topliss-reactive ketones (excluding diaryl/α,β-unsaturated/α-hetero) is 1. The minimum Gasteiger partial charge on any atom is -0.454 e. The third-order valence-electron chi connectivity index (χ3n) is 4.71. The molecule has 0 saturated heterocycles. The number of hydrogen-bond acceptors (Lipinski definition) is 4. The van der Waals surface area contributed by atoms with E-state index in [0.717, 1.165) is 17.0 Å². The molecule has 0 spiro atoms. The number of carbonyl (C=O) groups excluding carboxylic acids is 2. The quantitative estimate of drug-likeness (QED) is 0.467. The Morgan fingerprint density at radius 2 is 1.72 bits per heavy atom. The zero-order chi connectivity index (χ0) is 21.0. The van der Waals surface area contributed by atoms with Crippen LogP contribution >= 0.6 is 0 Å². The van der Waals surface area contributed by atoms with Gasteiger partial charge in [0, 0.05) is 23.5 Å². The topological polar surface area (TPSA) is 72.1 Å². The van der Waals surface area contributed by atoms with Crippen molar-refractivity contribution in [3.8, 4) is 6.07 Å². The molecular weight excluding hydrogens is 371 g/mol. The summed E-state index contributed by atoms with van der Waals surface area (Å²) in [6, 6.07) is 15.9. The first-order chi connectivity index (χ1) is 13.9. The highest BCUT2D eigenvalue weighted by molar-refractivity contribution is 6.00. The smallest absolute Gasteiger partial charge is 0.338 e. The molecule has 0 unspecified atom stereocenters. The second-order valence-corrected chi connectivity index (χ2v) is 6.69. The van der Waals surface area contributed by atoms with Gasteiger partial charge in [0.05, 0.1) is 17.2 Å². The predicted molar refractivity (Wildman–Crippen MR) is 105 cm³/mol. The summed E-state index contributed by atoms with van der Waals surface area (Å²) < 4.78 is 20.2. The number of rotatable bonds is 6. The Hall–Kier alpha value is -3.72. The van der Waals surface area contributed by atoms with Gasteiger partial charge < -0.3 is 9.30 Å². The first-order valence-electron chi connectivity index (χ1n) is 9.00. The Kier molecular flexibility index (Phi) is 5.89. The molecule has 1 heterocycles. The van der Waals surface area contributed by atoms with Crippen molar-refractivity contribution in [2.45, 2.75) is 20.4 Å². The van der Waals surface area contributed by atoms with E-state index in [-0.39, 0.29) is 23.8 Å². The lowest BCUT2D eigenvalue weighted by Gasteiger charge is -2.10. The molecule has 0 fully saturated rings. The van der Waals surface area contributed by atoms with Gasteiger partial charge >= 0.3 is 5.97 Å². The summed E-state index contributed by atoms with van der Waals surface area (Å²) in [5, 5.41) is 8.80. The Morgan fingerprint density at radius 3 is 2.34 bits per heavy atom. The van der Waals surface area contributed by atoms with Crippen LogP contribution in [-0.2, 0) is 11.3 Å². The second kappa shape index (κ2) is 8.53. The van der Waals surface area contributed by atoms with Crippen molar-refractivity contribution in [1.82, 2.24) is 4.57 Å². The normalized spacial score (nSPS) is 10.4. The van der Waals surface area contributed by atoms with E-state index in [1.54, 1.807) is 18.2 Å². The largest absolute Gasteiger partial charge is 0.454 e. The van der Waals surface area contributed by atoms with E-state index in [1.807, 2.05) is 24.5 Å². The number of esters is 1. The number of aryl methyl sites for hydroxylation is 1. The molecule has 6 heteroatoms. The van der Waals surface area contributed by atoms with Gasteiger partial charge in [-0.1, -0.05) is 12.1 Å². The van der Waals surface area contributed by atoms with Crippen LogP contribution in [0.1, 0.15) is 43.2 Å². The Labute approximate surface area is 168 Å². The molecule has 0 amide bonds. The van der Waals surface area contributed by atoms with E-state index >= 15 is 0 Å². The van der Waals surface area contributed by atoms with Crippen LogP contribution in [0.4, 0.5) is 4.39 Å². The number of ether oxygens (including phenoxy) is 1. The summed E-state index contributed by atoms with van der Waals surface area (Å²) in [5.74, 6) is -1.22. The molecule has 0 N–H and O–H groups in total. The molecule has 0 aliphatic rings. The van der Waals surface area contributed by atoms with Crippen LogP contribution in [0.15, 0.2) is 54.6 Å². The Morgan fingerprint density at radius 1 is 1.07 bits per heavy atom. The summed E-state index contributed by atoms with van der Waals surface area (Å²) in [4.78, 5) is 24.7. The van der Waals surface area contributed by atoms with Gasteiger partial charge in [0.15, 0.2) is 6.61 Å². The lowest BCUT2D eigenvalue weighted by molar-refractivity contribution is 0.0474. The molecule has 0 aliphatic heterocycles. The highest BCUT2D eigenvalue weighted by atomic mass is 19.1. The van der Waals surface area contributed by atoms with Gasteiger partial charge in [-0.15, -0.1) is 0 Å². The maximum absolute atomic E-state index is 13.1. The zero-order valence-corrected chi connectivity index (χ0v) is 16.1. The molecule has 0 atom stereocenters. The predicted octanol–water partition coefficient (Wildman–Crippen LogP) is 4.20. The van der Waals surface area contributed by atoms with Gasteiger partial charge in [-0.3, -0.25) is 4.79 Å². The van der Waals surface area contributed by atoms with Crippen molar-refractivity contribution in [1.29, 1.82) is 5.26 Å². The molecule has 3 rings (SSSR count). The van der Waals surface area contributed by atoms with Crippen molar-refractivity contribution in [2.75, 3.05) is 6.61 Å². The van der Waals surface area contributed by atoms with Gasteiger partial charge in [0.2, 0.25) is 5.78 Å². The number of nitrogens with zero attached hydrogens (tertiary/aromatic N) is 2. The van der Waals surface area contributed by atoms with Gasteiger partial charge in [0.1, 0.15) is 5.82 Å². The van der Waals surface area contributed by atoms with Crippen molar-refractivity contribution >= 4 is 11.8 Å². The van der Waals surface area contributed by atoms with Crippen molar-refractivity contribution in [3.05, 3.63) is 94.1 Å². The van der Waals surface area contributed by atoms with Crippen molar-refractivity contribution in [3.63, 3.8) is 0 Å².